The average Bonchev–Trinajstić information content (AvgIpc) is 2.31. The largest absolute Gasteiger partial charge is 0.396 e. The zero-order valence-electron chi connectivity index (χ0n) is 10.5. The number of alkyl halides is 1. The van der Waals surface area contributed by atoms with E-state index in [0.717, 1.165) is 11.8 Å². The van der Waals surface area contributed by atoms with Crippen LogP contribution in [0.4, 0.5) is 0 Å². The number of aliphatic hydroxyl groups excluding tert-OH is 1. The predicted molar refractivity (Wildman–Crippen MR) is 76.2 cm³/mol. The molecule has 1 nitrogen and oxygen atoms in total. The molecular formula is C14H27BrO. The molecule has 0 aromatic rings. The fourth-order valence-corrected chi connectivity index (χ4v) is 2.12. The molecule has 0 aromatic heterocycles. The van der Waals surface area contributed by atoms with Gasteiger partial charge in [-0.1, -0.05) is 66.6 Å². The fourth-order valence-electron chi connectivity index (χ4n) is 1.73. The van der Waals surface area contributed by atoms with Crippen molar-refractivity contribution in [3.05, 3.63) is 12.2 Å². The first kappa shape index (κ1) is 16.2. The van der Waals surface area contributed by atoms with Crippen LogP contribution >= 0.6 is 15.9 Å². The van der Waals surface area contributed by atoms with Crippen molar-refractivity contribution in [3.8, 4) is 0 Å². The lowest BCUT2D eigenvalue weighted by Crippen LogP contribution is -1.81. The second kappa shape index (κ2) is 15.2. The van der Waals surface area contributed by atoms with E-state index in [0.29, 0.717) is 0 Å². The molecule has 0 unspecified atom stereocenters. The Labute approximate surface area is 109 Å². The third kappa shape index (κ3) is 14.2. The van der Waals surface area contributed by atoms with Crippen molar-refractivity contribution in [3.63, 3.8) is 0 Å². The molecule has 0 saturated heterocycles. The van der Waals surface area contributed by atoms with Gasteiger partial charge in [0, 0.05) is 11.9 Å². The first-order chi connectivity index (χ1) is 7.91. The Kier molecular flexibility index (Phi) is 15.4. The summed E-state index contributed by atoms with van der Waals surface area (Å²) in [6.45, 7) is 0.283. The highest BCUT2D eigenvalue weighted by Gasteiger charge is 1.91. The number of allylic oxidation sites excluding steroid dienone is 1. The van der Waals surface area contributed by atoms with Crippen molar-refractivity contribution in [1.29, 1.82) is 0 Å². The van der Waals surface area contributed by atoms with Crippen LogP contribution in [0.3, 0.4) is 0 Å². The molecule has 0 aliphatic carbocycles. The highest BCUT2D eigenvalue weighted by atomic mass is 79.9. The Morgan fingerprint density at radius 2 is 1.19 bits per heavy atom. The van der Waals surface area contributed by atoms with Crippen LogP contribution in [-0.4, -0.2) is 17.0 Å². The van der Waals surface area contributed by atoms with E-state index in [4.69, 9.17) is 5.11 Å². The smallest absolute Gasteiger partial charge is 0.0465 e. The summed E-state index contributed by atoms with van der Waals surface area (Å²) >= 11 is 3.46. The second-order valence-electron chi connectivity index (χ2n) is 4.29. The first-order valence-electron chi connectivity index (χ1n) is 6.73. The van der Waals surface area contributed by atoms with Crippen LogP contribution in [-0.2, 0) is 0 Å². The van der Waals surface area contributed by atoms with Crippen molar-refractivity contribution >= 4 is 15.9 Å². The lowest BCUT2D eigenvalue weighted by atomic mass is 10.1. The molecule has 0 heterocycles. The van der Waals surface area contributed by atoms with Gasteiger partial charge in [-0.3, -0.25) is 0 Å². The van der Waals surface area contributed by atoms with Crippen LogP contribution < -0.4 is 0 Å². The molecule has 0 bridgehead atoms. The van der Waals surface area contributed by atoms with E-state index >= 15 is 0 Å². The Morgan fingerprint density at radius 1 is 0.688 bits per heavy atom. The predicted octanol–water partition coefficient (Wildman–Crippen LogP) is 4.83. The summed E-state index contributed by atoms with van der Waals surface area (Å²) in [5.41, 5.74) is 0. The minimum absolute atomic E-state index is 0.283. The summed E-state index contributed by atoms with van der Waals surface area (Å²) in [4.78, 5) is 0. The van der Waals surface area contributed by atoms with Crippen LogP contribution in [0.5, 0.6) is 0 Å². The number of hydrogen-bond donors (Lipinski definition) is 1. The third-order valence-corrected chi connectivity index (χ3v) is 3.28. The standard InChI is InChI=1S/C14H27BrO/c15-13-11-9-7-5-3-1-2-4-6-8-10-12-14-16/h8,10,16H,1-7,9,11-14H2/b10-8-. The van der Waals surface area contributed by atoms with Crippen LogP contribution in [0.25, 0.3) is 0 Å². The van der Waals surface area contributed by atoms with Gasteiger partial charge < -0.3 is 5.11 Å². The molecule has 0 amide bonds. The summed E-state index contributed by atoms with van der Waals surface area (Å²) in [6.07, 6.45) is 17.3. The third-order valence-electron chi connectivity index (χ3n) is 2.72. The Hall–Kier alpha value is 0.180. The SMILES string of the molecule is OCC/C=C\CCCCCCCCCCBr. The van der Waals surface area contributed by atoms with Gasteiger partial charge in [-0.15, -0.1) is 0 Å². The van der Waals surface area contributed by atoms with Gasteiger partial charge in [-0.2, -0.15) is 0 Å². The maximum absolute atomic E-state index is 8.57. The van der Waals surface area contributed by atoms with Gasteiger partial charge in [-0.25, -0.2) is 0 Å². The van der Waals surface area contributed by atoms with Crippen molar-refractivity contribution in [2.75, 3.05) is 11.9 Å². The van der Waals surface area contributed by atoms with Crippen molar-refractivity contribution in [1.82, 2.24) is 0 Å². The van der Waals surface area contributed by atoms with E-state index in [1.807, 2.05) is 0 Å². The van der Waals surface area contributed by atoms with Crippen LogP contribution in [0.2, 0.25) is 0 Å². The quantitative estimate of drug-likeness (QED) is 0.310. The van der Waals surface area contributed by atoms with Gasteiger partial charge in [0.05, 0.1) is 0 Å². The maximum Gasteiger partial charge on any atom is 0.0465 e. The minimum atomic E-state index is 0.283. The lowest BCUT2D eigenvalue weighted by molar-refractivity contribution is 0.302. The zero-order chi connectivity index (χ0) is 11.9. The van der Waals surface area contributed by atoms with E-state index in [1.54, 1.807) is 0 Å². The molecule has 1 N–H and O–H groups in total. The van der Waals surface area contributed by atoms with Gasteiger partial charge in [0.25, 0.3) is 0 Å². The van der Waals surface area contributed by atoms with Crippen LogP contribution in [0.1, 0.15) is 64.2 Å². The van der Waals surface area contributed by atoms with E-state index in [2.05, 4.69) is 28.1 Å². The van der Waals surface area contributed by atoms with Gasteiger partial charge in [0.2, 0.25) is 0 Å². The van der Waals surface area contributed by atoms with Gasteiger partial charge in [-0.05, 0) is 25.7 Å². The average molecular weight is 291 g/mol. The Balaban J connectivity index is 2.93. The van der Waals surface area contributed by atoms with Gasteiger partial charge >= 0.3 is 0 Å². The number of hydrogen-bond acceptors (Lipinski definition) is 1. The monoisotopic (exact) mass is 290 g/mol. The molecular weight excluding hydrogens is 264 g/mol. The zero-order valence-corrected chi connectivity index (χ0v) is 12.1. The molecule has 0 fully saturated rings. The van der Waals surface area contributed by atoms with Crippen molar-refractivity contribution in [2.24, 2.45) is 0 Å². The van der Waals surface area contributed by atoms with Gasteiger partial charge in [0.1, 0.15) is 0 Å². The van der Waals surface area contributed by atoms with Gasteiger partial charge in [0.15, 0.2) is 0 Å². The normalized spacial score (nSPS) is 11.4. The summed E-state index contributed by atoms with van der Waals surface area (Å²) < 4.78 is 0. The Morgan fingerprint density at radius 3 is 1.75 bits per heavy atom. The molecule has 0 aliphatic heterocycles. The molecule has 96 valence electrons. The molecule has 0 rings (SSSR count). The Bertz CT molecular complexity index is 146. The van der Waals surface area contributed by atoms with E-state index in [-0.39, 0.29) is 6.61 Å². The molecule has 0 radical (unpaired) electrons. The molecule has 0 atom stereocenters. The van der Waals surface area contributed by atoms with Crippen molar-refractivity contribution < 1.29 is 5.11 Å². The molecule has 0 spiro atoms. The second-order valence-corrected chi connectivity index (χ2v) is 5.08. The van der Waals surface area contributed by atoms with E-state index < -0.39 is 0 Å². The number of unbranched alkanes of at least 4 members (excludes halogenated alkanes) is 8. The minimum Gasteiger partial charge on any atom is -0.396 e. The highest BCUT2D eigenvalue weighted by molar-refractivity contribution is 9.09. The summed E-state index contributed by atoms with van der Waals surface area (Å²) in [5, 5.41) is 9.73. The molecule has 0 saturated carbocycles. The molecule has 0 aromatic carbocycles. The summed E-state index contributed by atoms with van der Waals surface area (Å²) in [7, 11) is 0. The fraction of sp³-hybridized carbons (Fsp3) is 0.857. The number of rotatable bonds is 12. The molecule has 2 heteroatoms. The summed E-state index contributed by atoms with van der Waals surface area (Å²) in [6, 6.07) is 0. The molecule has 0 aliphatic rings. The first-order valence-corrected chi connectivity index (χ1v) is 7.85. The summed E-state index contributed by atoms with van der Waals surface area (Å²) in [5.74, 6) is 0. The lowest BCUT2D eigenvalue weighted by Gasteiger charge is -2.00. The topological polar surface area (TPSA) is 20.2 Å². The number of halogens is 1. The maximum atomic E-state index is 8.57. The van der Waals surface area contributed by atoms with E-state index in [1.165, 1.54) is 57.8 Å². The highest BCUT2D eigenvalue weighted by Crippen LogP contribution is 2.10. The molecule has 16 heavy (non-hydrogen) atoms. The van der Waals surface area contributed by atoms with Crippen LogP contribution in [0, 0.1) is 0 Å². The number of aliphatic hydroxyl groups is 1. The van der Waals surface area contributed by atoms with E-state index in [9.17, 15) is 0 Å². The van der Waals surface area contributed by atoms with Crippen LogP contribution in [0.15, 0.2) is 12.2 Å². The van der Waals surface area contributed by atoms with Crippen molar-refractivity contribution in [2.45, 2.75) is 64.2 Å².